The van der Waals surface area contributed by atoms with Crippen molar-refractivity contribution in [2.45, 2.75) is 58.2 Å². The first-order chi connectivity index (χ1) is 6.18. The van der Waals surface area contributed by atoms with E-state index in [-0.39, 0.29) is 12.1 Å². The fraction of sp³-hybridized carbons (Fsp3) is 0.900. The lowest BCUT2D eigenvalue weighted by Crippen LogP contribution is -2.48. The molecule has 1 heterocycles. The minimum Gasteiger partial charge on any atom is -0.460 e. The van der Waals surface area contributed by atoms with Crippen LogP contribution in [0.4, 0.5) is 0 Å². The highest BCUT2D eigenvalue weighted by molar-refractivity contribution is 5.66. The van der Waals surface area contributed by atoms with Crippen molar-refractivity contribution in [2.24, 2.45) is 0 Å². The fourth-order valence-corrected chi connectivity index (χ4v) is 2.08. The average molecular weight is 200 g/mol. The highest BCUT2D eigenvalue weighted by Gasteiger charge is 2.54. The Hall–Kier alpha value is -0.610. The zero-order chi connectivity index (χ0) is 11.1. The van der Waals surface area contributed by atoms with Crippen LogP contribution in [0.3, 0.4) is 0 Å². The molecule has 1 radical (unpaired) electrons. The maximum Gasteiger partial charge on any atom is 0.302 e. The van der Waals surface area contributed by atoms with E-state index in [1.165, 1.54) is 6.92 Å². The molecule has 1 atom stereocenters. The van der Waals surface area contributed by atoms with Gasteiger partial charge in [-0.05, 0) is 27.7 Å². The Morgan fingerprint density at radius 2 is 1.86 bits per heavy atom. The highest BCUT2D eigenvalue weighted by atomic mass is 16.6. The van der Waals surface area contributed by atoms with Crippen LogP contribution >= 0.6 is 0 Å². The molecule has 81 valence electrons. The molecule has 1 aliphatic heterocycles. The molecule has 0 aromatic heterocycles. The number of nitrogens with zero attached hydrogens (tertiary/aromatic N) is 1. The van der Waals surface area contributed by atoms with E-state index in [1.54, 1.807) is 0 Å². The maximum absolute atomic E-state index is 11.9. The third kappa shape index (κ3) is 1.77. The summed E-state index contributed by atoms with van der Waals surface area (Å²) in [6.45, 7) is 8.72. The van der Waals surface area contributed by atoms with Crippen molar-refractivity contribution < 1.29 is 14.7 Å². The van der Waals surface area contributed by atoms with E-state index in [9.17, 15) is 10.0 Å². The summed E-state index contributed by atoms with van der Waals surface area (Å²) in [6, 6.07) is 0. The van der Waals surface area contributed by atoms with Crippen LogP contribution in [0.5, 0.6) is 0 Å². The van der Waals surface area contributed by atoms with Gasteiger partial charge in [-0.3, -0.25) is 4.79 Å². The lowest BCUT2D eigenvalue weighted by molar-refractivity contribution is -0.252. The van der Waals surface area contributed by atoms with Gasteiger partial charge >= 0.3 is 5.97 Å². The van der Waals surface area contributed by atoms with Gasteiger partial charge < -0.3 is 4.74 Å². The molecule has 1 rings (SSSR count). The Bertz CT molecular complexity index is 248. The van der Waals surface area contributed by atoms with Gasteiger partial charge in [-0.25, -0.2) is 0 Å². The largest absolute Gasteiger partial charge is 0.460 e. The number of rotatable bonds is 1. The number of hydrogen-bond donors (Lipinski definition) is 0. The normalized spacial score (nSPS) is 30.3. The van der Waals surface area contributed by atoms with Crippen LogP contribution < -0.4 is 0 Å². The second-order valence-corrected chi connectivity index (χ2v) is 5.06. The molecule has 0 aromatic rings. The predicted molar refractivity (Wildman–Crippen MR) is 50.9 cm³/mol. The maximum atomic E-state index is 11.9. The van der Waals surface area contributed by atoms with Gasteiger partial charge in [0.1, 0.15) is 6.10 Å². The molecule has 0 aliphatic carbocycles. The zero-order valence-corrected chi connectivity index (χ0v) is 9.46. The quantitative estimate of drug-likeness (QED) is 0.603. The van der Waals surface area contributed by atoms with Gasteiger partial charge in [-0.1, -0.05) is 0 Å². The van der Waals surface area contributed by atoms with Crippen LogP contribution in [0.2, 0.25) is 0 Å². The molecule has 0 amide bonds. The van der Waals surface area contributed by atoms with E-state index in [1.807, 2.05) is 27.7 Å². The number of hydrogen-bond acceptors (Lipinski definition) is 3. The minimum absolute atomic E-state index is 0.313. The lowest BCUT2D eigenvalue weighted by atomic mass is 9.97. The van der Waals surface area contributed by atoms with Crippen LogP contribution in [0, 0.1) is 0 Å². The highest BCUT2D eigenvalue weighted by Crippen LogP contribution is 2.40. The van der Waals surface area contributed by atoms with Crippen LogP contribution in [0.25, 0.3) is 0 Å². The van der Waals surface area contributed by atoms with Crippen LogP contribution in [-0.2, 0) is 14.7 Å². The molecule has 0 N–H and O–H groups in total. The minimum atomic E-state index is -0.630. The van der Waals surface area contributed by atoms with Crippen LogP contribution in [0.1, 0.15) is 41.0 Å². The summed E-state index contributed by atoms with van der Waals surface area (Å²) >= 11 is 0. The van der Waals surface area contributed by atoms with Crippen molar-refractivity contribution in [1.29, 1.82) is 0 Å². The second-order valence-electron chi connectivity index (χ2n) is 5.06. The van der Waals surface area contributed by atoms with E-state index in [0.717, 1.165) is 5.06 Å². The van der Waals surface area contributed by atoms with Crippen molar-refractivity contribution in [3.63, 3.8) is 0 Å². The number of carbonyl (C=O) groups is 1. The van der Waals surface area contributed by atoms with Gasteiger partial charge in [-0.15, -0.1) is 10.3 Å². The van der Waals surface area contributed by atoms with Crippen molar-refractivity contribution in [2.75, 3.05) is 0 Å². The van der Waals surface area contributed by atoms with E-state index in [4.69, 9.17) is 4.74 Å². The molecule has 0 aromatic carbocycles. The SMILES string of the molecule is CC(=O)OC1CC(C)(C)N([O])C1(C)C. The first kappa shape index (κ1) is 11.5. The summed E-state index contributed by atoms with van der Waals surface area (Å²) in [5, 5.41) is 12.9. The molecule has 1 aliphatic rings. The molecule has 0 saturated carbocycles. The van der Waals surface area contributed by atoms with Gasteiger partial charge in [0.25, 0.3) is 0 Å². The van der Waals surface area contributed by atoms with Crippen LogP contribution in [0.15, 0.2) is 0 Å². The molecule has 4 heteroatoms. The van der Waals surface area contributed by atoms with E-state index < -0.39 is 11.1 Å². The summed E-state index contributed by atoms with van der Waals surface area (Å²) in [7, 11) is 0. The first-order valence-corrected chi connectivity index (χ1v) is 4.82. The average Bonchev–Trinajstić information content (AvgIpc) is 2.12. The monoisotopic (exact) mass is 200 g/mol. The summed E-state index contributed by atoms with van der Waals surface area (Å²) < 4.78 is 5.15. The second kappa shape index (κ2) is 3.21. The Kier molecular flexibility index (Phi) is 2.63. The van der Waals surface area contributed by atoms with E-state index in [0.29, 0.717) is 6.42 Å². The van der Waals surface area contributed by atoms with Gasteiger partial charge in [-0.2, -0.15) is 0 Å². The molecule has 0 bridgehead atoms. The molecule has 14 heavy (non-hydrogen) atoms. The third-order valence-corrected chi connectivity index (χ3v) is 2.85. The standard InChI is InChI=1S/C10H18NO3/c1-7(12)14-8-6-9(2,3)11(13)10(8,4)5/h8H,6H2,1-5H3. The lowest BCUT2D eigenvalue weighted by Gasteiger charge is -2.32. The van der Waals surface area contributed by atoms with Crippen molar-refractivity contribution in [3.05, 3.63) is 0 Å². The summed E-state index contributed by atoms with van der Waals surface area (Å²) in [6.07, 6.45) is 0.274. The Morgan fingerprint density at radius 1 is 1.36 bits per heavy atom. The third-order valence-electron chi connectivity index (χ3n) is 2.85. The fourth-order valence-electron chi connectivity index (χ4n) is 2.08. The molecular formula is C10H18NO3. The number of hydroxylamine groups is 2. The summed E-state index contributed by atoms with van der Waals surface area (Å²) in [4.78, 5) is 10.9. The van der Waals surface area contributed by atoms with Gasteiger partial charge in [0.15, 0.2) is 0 Å². The number of carbonyl (C=O) groups excluding carboxylic acids is 1. The van der Waals surface area contributed by atoms with Crippen LogP contribution in [-0.4, -0.2) is 28.2 Å². The number of ether oxygens (including phenoxy) is 1. The zero-order valence-electron chi connectivity index (χ0n) is 9.46. The van der Waals surface area contributed by atoms with Gasteiger partial charge in [0.2, 0.25) is 0 Å². The summed E-state index contributed by atoms with van der Waals surface area (Å²) in [5.74, 6) is -0.325. The van der Waals surface area contributed by atoms with E-state index in [2.05, 4.69) is 0 Å². The van der Waals surface area contributed by atoms with Crippen molar-refractivity contribution in [1.82, 2.24) is 5.06 Å². The van der Waals surface area contributed by atoms with E-state index >= 15 is 0 Å². The Balaban J connectivity index is 2.85. The van der Waals surface area contributed by atoms with Crippen molar-refractivity contribution in [3.8, 4) is 0 Å². The smallest absolute Gasteiger partial charge is 0.302 e. The predicted octanol–water partition coefficient (Wildman–Crippen LogP) is 1.53. The molecule has 0 spiro atoms. The number of esters is 1. The molecular weight excluding hydrogens is 182 g/mol. The topological polar surface area (TPSA) is 49.4 Å². The van der Waals surface area contributed by atoms with Crippen molar-refractivity contribution >= 4 is 5.97 Å². The molecule has 1 fully saturated rings. The Morgan fingerprint density at radius 3 is 2.14 bits per heavy atom. The summed E-state index contributed by atoms with van der Waals surface area (Å²) in [5.41, 5.74) is -1.08. The molecule has 4 nitrogen and oxygen atoms in total. The molecule has 1 saturated heterocycles. The molecule has 1 unspecified atom stereocenters. The van der Waals surface area contributed by atoms with Gasteiger partial charge in [0, 0.05) is 18.9 Å². The van der Waals surface area contributed by atoms with Gasteiger partial charge in [0.05, 0.1) is 5.54 Å². The Labute approximate surface area is 84.8 Å². The first-order valence-electron chi connectivity index (χ1n) is 4.82.